The summed E-state index contributed by atoms with van der Waals surface area (Å²) < 4.78 is 45.0. The van der Waals surface area contributed by atoms with Crippen LogP contribution in [0.15, 0.2) is 54.9 Å². The standard InChI is InChI=1S/C23H17ClF3N3O2S/c1-13-18-20(30-15-7-8-17(24)16(11-15)23(25,26)27)28-12-29-21(18)33-19(13)22(31)32-10-9-14-5-3-2-4-6-14/h2-8,11-12H,9-10H2,1H3,(H,28,29,30). The SMILES string of the molecule is Cc1c(C(=O)OCCc2ccccc2)sc2ncnc(Nc3ccc(Cl)c(C(F)(F)F)c3)c12. The van der Waals surface area contributed by atoms with Crippen molar-refractivity contribution in [2.24, 2.45) is 0 Å². The van der Waals surface area contributed by atoms with Crippen LogP contribution in [0.5, 0.6) is 0 Å². The molecule has 33 heavy (non-hydrogen) atoms. The predicted molar refractivity (Wildman–Crippen MR) is 122 cm³/mol. The molecule has 0 fully saturated rings. The van der Waals surface area contributed by atoms with Crippen molar-refractivity contribution in [2.45, 2.75) is 19.5 Å². The van der Waals surface area contributed by atoms with Crippen molar-refractivity contribution in [3.05, 3.63) is 81.4 Å². The molecular weight excluding hydrogens is 475 g/mol. The van der Waals surface area contributed by atoms with Crippen molar-refractivity contribution in [1.29, 1.82) is 0 Å². The van der Waals surface area contributed by atoms with Crippen molar-refractivity contribution in [2.75, 3.05) is 11.9 Å². The summed E-state index contributed by atoms with van der Waals surface area (Å²) in [5.74, 6) is -0.198. The van der Waals surface area contributed by atoms with E-state index in [0.29, 0.717) is 27.1 Å². The number of hydrogen-bond donors (Lipinski definition) is 1. The van der Waals surface area contributed by atoms with Crippen molar-refractivity contribution < 1.29 is 22.7 Å². The average Bonchev–Trinajstić information content (AvgIpc) is 3.12. The third kappa shape index (κ3) is 5.09. The fourth-order valence-corrected chi connectivity index (χ4v) is 4.56. The average molecular weight is 492 g/mol. The number of esters is 1. The molecule has 0 saturated carbocycles. The maximum atomic E-state index is 13.2. The summed E-state index contributed by atoms with van der Waals surface area (Å²) in [6, 6.07) is 13.2. The number of halogens is 4. The Balaban J connectivity index is 1.57. The number of aryl methyl sites for hydroxylation is 1. The van der Waals surface area contributed by atoms with Gasteiger partial charge < -0.3 is 10.1 Å². The van der Waals surface area contributed by atoms with Crippen LogP contribution >= 0.6 is 22.9 Å². The number of carbonyl (C=O) groups excluding carboxylic acids is 1. The van der Waals surface area contributed by atoms with Gasteiger partial charge in [-0.2, -0.15) is 13.2 Å². The molecule has 2 aromatic carbocycles. The second-order valence-corrected chi connectivity index (χ2v) is 8.55. The Morgan fingerprint density at radius 2 is 1.91 bits per heavy atom. The number of thiophene rings is 1. The second-order valence-electron chi connectivity index (χ2n) is 7.15. The molecule has 2 aromatic heterocycles. The van der Waals surface area contributed by atoms with E-state index < -0.39 is 22.7 Å². The van der Waals surface area contributed by atoms with Crippen LogP contribution in [0.3, 0.4) is 0 Å². The number of nitrogens with one attached hydrogen (secondary N) is 1. The Hall–Kier alpha value is -3.17. The van der Waals surface area contributed by atoms with Crippen LogP contribution < -0.4 is 5.32 Å². The van der Waals surface area contributed by atoms with Gasteiger partial charge in [0.05, 0.1) is 22.6 Å². The highest BCUT2D eigenvalue weighted by atomic mass is 35.5. The summed E-state index contributed by atoms with van der Waals surface area (Å²) in [5, 5.41) is 3.04. The number of carbonyl (C=O) groups is 1. The van der Waals surface area contributed by atoms with E-state index in [-0.39, 0.29) is 18.1 Å². The van der Waals surface area contributed by atoms with Crippen LogP contribution in [-0.4, -0.2) is 22.5 Å². The molecule has 4 aromatic rings. The first kappa shape index (κ1) is 23.0. The molecule has 0 amide bonds. The minimum Gasteiger partial charge on any atom is -0.461 e. The lowest BCUT2D eigenvalue weighted by molar-refractivity contribution is -0.137. The van der Waals surface area contributed by atoms with Gasteiger partial charge in [0.15, 0.2) is 0 Å². The fourth-order valence-electron chi connectivity index (χ4n) is 3.29. The molecule has 0 unspecified atom stereocenters. The monoisotopic (exact) mass is 491 g/mol. The number of alkyl halides is 3. The van der Waals surface area contributed by atoms with Gasteiger partial charge in [0, 0.05) is 12.1 Å². The molecule has 0 bridgehead atoms. The molecule has 170 valence electrons. The Morgan fingerprint density at radius 1 is 1.15 bits per heavy atom. The molecule has 0 spiro atoms. The van der Waals surface area contributed by atoms with Crippen LogP contribution in [0.2, 0.25) is 5.02 Å². The maximum absolute atomic E-state index is 13.2. The molecule has 1 N–H and O–H groups in total. The lowest BCUT2D eigenvalue weighted by Gasteiger charge is -2.12. The zero-order valence-electron chi connectivity index (χ0n) is 17.2. The fraction of sp³-hybridized carbons (Fsp3) is 0.174. The minimum atomic E-state index is -4.59. The van der Waals surface area contributed by atoms with Crippen LogP contribution in [0.4, 0.5) is 24.7 Å². The first-order valence-corrected chi connectivity index (χ1v) is 11.0. The zero-order valence-corrected chi connectivity index (χ0v) is 18.8. The summed E-state index contributed by atoms with van der Waals surface area (Å²) >= 11 is 6.85. The van der Waals surface area contributed by atoms with Gasteiger partial charge in [-0.05, 0) is 36.2 Å². The number of fused-ring (bicyclic) bond motifs is 1. The van der Waals surface area contributed by atoms with E-state index >= 15 is 0 Å². The summed E-state index contributed by atoms with van der Waals surface area (Å²) in [7, 11) is 0. The molecule has 0 radical (unpaired) electrons. The number of ether oxygens (including phenoxy) is 1. The van der Waals surface area contributed by atoms with Gasteiger partial charge >= 0.3 is 12.1 Å². The Kier molecular flexibility index (Phi) is 6.53. The summed E-state index contributed by atoms with van der Waals surface area (Å²) in [6.07, 6.45) is -2.72. The summed E-state index contributed by atoms with van der Waals surface area (Å²) in [4.78, 5) is 21.9. The third-order valence-corrected chi connectivity index (χ3v) is 6.42. The van der Waals surface area contributed by atoms with E-state index in [1.807, 2.05) is 30.3 Å². The lowest BCUT2D eigenvalue weighted by Crippen LogP contribution is -2.08. The highest BCUT2D eigenvalue weighted by Gasteiger charge is 2.33. The van der Waals surface area contributed by atoms with Gasteiger partial charge in [0.1, 0.15) is 21.9 Å². The Labute approximate surface area is 196 Å². The quantitative estimate of drug-likeness (QED) is 0.300. The number of aromatic nitrogens is 2. The van der Waals surface area contributed by atoms with E-state index in [2.05, 4.69) is 15.3 Å². The molecule has 0 saturated heterocycles. The van der Waals surface area contributed by atoms with Crippen LogP contribution in [0.1, 0.15) is 26.4 Å². The number of anilines is 2. The number of benzene rings is 2. The molecule has 0 aliphatic carbocycles. The number of nitrogens with zero attached hydrogens (tertiary/aromatic N) is 2. The van der Waals surface area contributed by atoms with Crippen molar-refractivity contribution in [3.63, 3.8) is 0 Å². The molecule has 0 aliphatic heterocycles. The van der Waals surface area contributed by atoms with Crippen LogP contribution in [0, 0.1) is 6.92 Å². The van der Waals surface area contributed by atoms with Crippen molar-refractivity contribution >= 4 is 50.6 Å². The van der Waals surface area contributed by atoms with Gasteiger partial charge in [-0.25, -0.2) is 14.8 Å². The molecule has 0 aliphatic rings. The van der Waals surface area contributed by atoms with E-state index in [4.69, 9.17) is 16.3 Å². The highest BCUT2D eigenvalue weighted by molar-refractivity contribution is 7.20. The topological polar surface area (TPSA) is 64.1 Å². The highest BCUT2D eigenvalue weighted by Crippen LogP contribution is 2.38. The molecule has 10 heteroatoms. The van der Waals surface area contributed by atoms with Gasteiger partial charge in [0.25, 0.3) is 0 Å². The molecular formula is C23H17ClF3N3O2S. The predicted octanol–water partition coefficient (Wildman–Crippen LogP) is 6.82. The van der Waals surface area contributed by atoms with E-state index in [1.54, 1.807) is 6.92 Å². The molecule has 4 rings (SSSR count). The summed E-state index contributed by atoms with van der Waals surface area (Å²) in [5.41, 5.74) is 0.846. The maximum Gasteiger partial charge on any atom is 0.417 e. The third-order valence-electron chi connectivity index (χ3n) is 4.91. The molecule has 5 nitrogen and oxygen atoms in total. The van der Waals surface area contributed by atoms with E-state index in [1.165, 1.54) is 18.5 Å². The number of hydrogen-bond acceptors (Lipinski definition) is 6. The zero-order chi connectivity index (χ0) is 23.6. The lowest BCUT2D eigenvalue weighted by atomic mass is 10.1. The molecule has 2 heterocycles. The first-order valence-electron chi connectivity index (χ1n) is 9.83. The van der Waals surface area contributed by atoms with Gasteiger partial charge in [-0.3, -0.25) is 0 Å². The normalized spacial score (nSPS) is 11.5. The second kappa shape index (κ2) is 9.36. The van der Waals surface area contributed by atoms with Gasteiger partial charge in [-0.15, -0.1) is 11.3 Å². The Bertz CT molecular complexity index is 1310. The van der Waals surface area contributed by atoms with Crippen molar-refractivity contribution in [1.82, 2.24) is 9.97 Å². The van der Waals surface area contributed by atoms with Crippen LogP contribution in [0.25, 0.3) is 10.2 Å². The minimum absolute atomic E-state index is 0.157. The van der Waals surface area contributed by atoms with Crippen LogP contribution in [-0.2, 0) is 17.3 Å². The van der Waals surface area contributed by atoms with E-state index in [9.17, 15) is 18.0 Å². The number of rotatable bonds is 6. The van der Waals surface area contributed by atoms with Crippen molar-refractivity contribution in [3.8, 4) is 0 Å². The smallest absolute Gasteiger partial charge is 0.417 e. The first-order chi connectivity index (χ1) is 15.7. The van der Waals surface area contributed by atoms with E-state index in [0.717, 1.165) is 23.0 Å². The van der Waals surface area contributed by atoms with Gasteiger partial charge in [0.2, 0.25) is 0 Å². The molecule has 0 atom stereocenters. The summed E-state index contributed by atoms with van der Waals surface area (Å²) in [6.45, 7) is 1.95. The van der Waals surface area contributed by atoms with Gasteiger partial charge in [-0.1, -0.05) is 41.9 Å². The largest absolute Gasteiger partial charge is 0.461 e. The Morgan fingerprint density at radius 3 is 2.64 bits per heavy atom.